The predicted molar refractivity (Wildman–Crippen MR) is 59.9 cm³/mol. The van der Waals surface area contributed by atoms with Crippen LogP contribution in [-0.2, 0) is 0 Å². The van der Waals surface area contributed by atoms with Crippen molar-refractivity contribution in [2.24, 2.45) is 11.3 Å². The Bertz CT molecular complexity index is 374. The molecule has 0 N–H and O–H groups in total. The predicted octanol–water partition coefficient (Wildman–Crippen LogP) is 3.89. The van der Waals surface area contributed by atoms with E-state index >= 15 is 0 Å². The lowest BCUT2D eigenvalue weighted by atomic mass is 9.60. The van der Waals surface area contributed by atoms with Crippen LogP contribution in [0.15, 0.2) is 36.4 Å². The second-order valence-electron chi connectivity index (χ2n) is 4.97. The zero-order valence-corrected chi connectivity index (χ0v) is 8.66. The molecule has 0 saturated heterocycles. The van der Waals surface area contributed by atoms with Gasteiger partial charge in [-0.05, 0) is 41.7 Å². The number of rotatable bonds is 1. The molecule has 0 heteroatoms. The molecule has 0 nitrogen and oxygen atoms in total. The minimum Gasteiger partial charge on any atom is -0.0799 e. The monoisotopic (exact) mass is 184 g/mol. The quantitative estimate of drug-likeness (QED) is 0.621. The molecule has 0 unspecified atom stereocenters. The maximum Gasteiger partial charge on any atom is -0.0102 e. The van der Waals surface area contributed by atoms with Gasteiger partial charge in [-0.3, -0.25) is 0 Å². The lowest BCUT2D eigenvalue weighted by Gasteiger charge is -2.44. The van der Waals surface area contributed by atoms with Crippen molar-refractivity contribution in [3.8, 4) is 0 Å². The van der Waals surface area contributed by atoms with Crippen molar-refractivity contribution in [1.29, 1.82) is 0 Å². The first-order chi connectivity index (χ1) is 6.80. The van der Waals surface area contributed by atoms with Gasteiger partial charge in [0.15, 0.2) is 0 Å². The molecule has 1 aromatic carbocycles. The summed E-state index contributed by atoms with van der Waals surface area (Å²) in [4.78, 5) is 0. The summed E-state index contributed by atoms with van der Waals surface area (Å²) in [5.41, 5.74) is 3.67. The van der Waals surface area contributed by atoms with Gasteiger partial charge >= 0.3 is 0 Å². The third kappa shape index (κ3) is 1.00. The van der Waals surface area contributed by atoms with Gasteiger partial charge in [0.1, 0.15) is 0 Å². The molecule has 14 heavy (non-hydrogen) atoms. The van der Waals surface area contributed by atoms with E-state index in [1.165, 1.54) is 24.8 Å². The molecule has 1 aromatic rings. The number of benzene rings is 1. The van der Waals surface area contributed by atoms with Crippen LogP contribution in [0.5, 0.6) is 0 Å². The van der Waals surface area contributed by atoms with Crippen LogP contribution in [0.25, 0.3) is 5.57 Å². The molecule has 2 atom stereocenters. The summed E-state index contributed by atoms with van der Waals surface area (Å²) >= 11 is 0. The second-order valence-corrected chi connectivity index (χ2v) is 4.97. The van der Waals surface area contributed by atoms with Crippen LogP contribution < -0.4 is 0 Å². The van der Waals surface area contributed by atoms with E-state index in [2.05, 4.69) is 43.3 Å². The fourth-order valence-electron chi connectivity index (χ4n) is 2.99. The van der Waals surface area contributed by atoms with Crippen LogP contribution in [0.4, 0.5) is 0 Å². The summed E-state index contributed by atoms with van der Waals surface area (Å²) in [6.07, 6.45) is 6.58. The third-order valence-corrected chi connectivity index (χ3v) is 4.12. The molecule has 0 radical (unpaired) electrons. The van der Waals surface area contributed by atoms with Gasteiger partial charge in [-0.25, -0.2) is 0 Å². The fourth-order valence-corrected chi connectivity index (χ4v) is 2.99. The van der Waals surface area contributed by atoms with Crippen molar-refractivity contribution in [1.82, 2.24) is 0 Å². The van der Waals surface area contributed by atoms with Gasteiger partial charge in [0.05, 0.1) is 0 Å². The average molecular weight is 184 g/mol. The Kier molecular flexibility index (Phi) is 1.61. The first kappa shape index (κ1) is 8.28. The SMILES string of the molecule is C[C@@]12CC=C(c3ccccc3)[C@@H]1CC2. The number of hydrogen-bond acceptors (Lipinski definition) is 0. The molecule has 1 saturated carbocycles. The Labute approximate surface area is 85.6 Å². The van der Waals surface area contributed by atoms with Gasteiger partial charge in [0.2, 0.25) is 0 Å². The lowest BCUT2D eigenvalue weighted by Crippen LogP contribution is -2.33. The van der Waals surface area contributed by atoms with Crippen molar-refractivity contribution in [2.45, 2.75) is 26.2 Å². The van der Waals surface area contributed by atoms with Crippen molar-refractivity contribution in [2.75, 3.05) is 0 Å². The highest BCUT2D eigenvalue weighted by atomic mass is 14.5. The van der Waals surface area contributed by atoms with E-state index in [0.29, 0.717) is 5.41 Å². The third-order valence-electron chi connectivity index (χ3n) is 4.12. The second kappa shape index (κ2) is 2.73. The van der Waals surface area contributed by atoms with Crippen LogP contribution >= 0.6 is 0 Å². The molecule has 2 aliphatic carbocycles. The molecular weight excluding hydrogens is 168 g/mol. The summed E-state index contributed by atoms with van der Waals surface area (Å²) < 4.78 is 0. The first-order valence-electron chi connectivity index (χ1n) is 5.55. The van der Waals surface area contributed by atoms with Gasteiger partial charge in [-0.2, -0.15) is 0 Å². The van der Waals surface area contributed by atoms with Crippen LogP contribution in [0.1, 0.15) is 31.7 Å². The highest BCUT2D eigenvalue weighted by Crippen LogP contribution is 2.59. The molecule has 3 rings (SSSR count). The zero-order valence-electron chi connectivity index (χ0n) is 8.66. The van der Waals surface area contributed by atoms with E-state index in [1.54, 1.807) is 5.57 Å². The lowest BCUT2D eigenvalue weighted by molar-refractivity contribution is 0.116. The minimum atomic E-state index is 0.616. The van der Waals surface area contributed by atoms with Crippen LogP contribution in [0.3, 0.4) is 0 Å². The topological polar surface area (TPSA) is 0 Å². The molecule has 0 aromatic heterocycles. The van der Waals surface area contributed by atoms with Gasteiger partial charge in [-0.1, -0.05) is 43.3 Å². The fraction of sp³-hybridized carbons (Fsp3) is 0.429. The van der Waals surface area contributed by atoms with Crippen molar-refractivity contribution in [3.05, 3.63) is 42.0 Å². The largest absolute Gasteiger partial charge is 0.0799 e. The van der Waals surface area contributed by atoms with E-state index in [9.17, 15) is 0 Å². The van der Waals surface area contributed by atoms with Crippen molar-refractivity contribution >= 4 is 5.57 Å². The minimum absolute atomic E-state index is 0.616. The normalized spacial score (nSPS) is 34.6. The molecular formula is C14H16. The Morgan fingerprint density at radius 1 is 1.21 bits per heavy atom. The van der Waals surface area contributed by atoms with Gasteiger partial charge in [-0.15, -0.1) is 0 Å². The molecule has 0 amide bonds. The smallest absolute Gasteiger partial charge is 0.0102 e. The van der Waals surface area contributed by atoms with Gasteiger partial charge in [0, 0.05) is 0 Å². The summed E-state index contributed by atoms with van der Waals surface area (Å²) in [6, 6.07) is 10.9. The molecule has 2 aliphatic rings. The van der Waals surface area contributed by atoms with E-state index < -0.39 is 0 Å². The van der Waals surface area contributed by atoms with Crippen LogP contribution in [0, 0.1) is 11.3 Å². The van der Waals surface area contributed by atoms with E-state index in [0.717, 1.165) is 5.92 Å². The van der Waals surface area contributed by atoms with Crippen molar-refractivity contribution < 1.29 is 0 Å². The molecule has 72 valence electrons. The van der Waals surface area contributed by atoms with E-state index in [-0.39, 0.29) is 0 Å². The van der Waals surface area contributed by atoms with Gasteiger partial charge < -0.3 is 0 Å². The van der Waals surface area contributed by atoms with E-state index in [1.807, 2.05) is 0 Å². The maximum atomic E-state index is 2.47. The number of fused-ring (bicyclic) bond motifs is 1. The Morgan fingerprint density at radius 3 is 2.57 bits per heavy atom. The first-order valence-corrected chi connectivity index (χ1v) is 5.55. The Balaban J connectivity index is 1.95. The Morgan fingerprint density at radius 2 is 2.00 bits per heavy atom. The number of hydrogen-bond donors (Lipinski definition) is 0. The number of allylic oxidation sites excluding steroid dienone is 2. The summed E-state index contributed by atoms with van der Waals surface area (Å²) in [5, 5.41) is 0. The molecule has 0 heterocycles. The van der Waals surface area contributed by atoms with Crippen LogP contribution in [-0.4, -0.2) is 0 Å². The maximum absolute atomic E-state index is 2.47. The molecule has 0 aliphatic heterocycles. The molecule has 0 spiro atoms. The average Bonchev–Trinajstić information content (AvgIpc) is 2.44. The highest BCUT2D eigenvalue weighted by molar-refractivity contribution is 5.71. The van der Waals surface area contributed by atoms with E-state index in [4.69, 9.17) is 0 Å². The molecule has 1 fully saturated rings. The summed E-state index contributed by atoms with van der Waals surface area (Å²) in [5.74, 6) is 0.852. The summed E-state index contributed by atoms with van der Waals surface area (Å²) in [7, 11) is 0. The standard InChI is InChI=1S/C14H16/c1-14-9-7-12(13(14)8-10-14)11-5-3-2-4-6-11/h2-7,13H,8-10H2,1H3/t13-,14-/m0/s1. The molecule has 0 bridgehead atoms. The Hall–Kier alpha value is -1.04. The highest BCUT2D eigenvalue weighted by Gasteiger charge is 2.47. The van der Waals surface area contributed by atoms with Crippen molar-refractivity contribution in [3.63, 3.8) is 0 Å². The zero-order chi connectivity index (χ0) is 9.60. The van der Waals surface area contributed by atoms with Crippen LogP contribution in [0.2, 0.25) is 0 Å². The van der Waals surface area contributed by atoms with Gasteiger partial charge in [0.25, 0.3) is 0 Å². The summed E-state index contributed by atoms with van der Waals surface area (Å²) in [6.45, 7) is 2.44.